The first-order valence-corrected chi connectivity index (χ1v) is 7.80. The van der Waals surface area contributed by atoms with E-state index in [1.807, 2.05) is 37.3 Å². The number of β-lactam (4-membered cyclic amide) rings is 1. The second-order valence-electron chi connectivity index (χ2n) is 6.16. The number of carbonyl (C=O) groups excluding carboxylic acids is 2. The number of benzene rings is 2. The summed E-state index contributed by atoms with van der Waals surface area (Å²) in [5.41, 5.74) is 4.94. The van der Waals surface area contributed by atoms with Gasteiger partial charge in [0.1, 0.15) is 11.8 Å². The van der Waals surface area contributed by atoms with Crippen molar-refractivity contribution >= 4 is 17.6 Å². The minimum atomic E-state index is -0.760. The van der Waals surface area contributed by atoms with E-state index < -0.39 is 12.1 Å². The normalized spacial score (nSPS) is 20.5. The highest BCUT2D eigenvalue weighted by atomic mass is 16.6. The molecule has 1 saturated heterocycles. The molecule has 0 saturated carbocycles. The van der Waals surface area contributed by atoms with Crippen molar-refractivity contribution in [1.82, 2.24) is 0 Å². The summed E-state index contributed by atoms with van der Waals surface area (Å²) in [6.07, 6.45) is -0.760. The Morgan fingerprint density at radius 3 is 2.62 bits per heavy atom. The number of nitrogens with zero attached hydrogens (tertiary/aromatic N) is 1. The third-order valence-corrected chi connectivity index (χ3v) is 4.62. The quantitative estimate of drug-likeness (QED) is 0.630. The van der Waals surface area contributed by atoms with Gasteiger partial charge in [-0.1, -0.05) is 17.7 Å². The molecule has 0 bridgehead atoms. The summed E-state index contributed by atoms with van der Waals surface area (Å²) in [4.78, 5) is 25.6. The summed E-state index contributed by atoms with van der Waals surface area (Å²) < 4.78 is 10.6. The minimum absolute atomic E-state index is 0.179. The van der Waals surface area contributed by atoms with Crippen LogP contribution >= 0.6 is 0 Å². The van der Waals surface area contributed by atoms with Gasteiger partial charge < -0.3 is 9.47 Å². The van der Waals surface area contributed by atoms with E-state index in [4.69, 9.17) is 9.47 Å². The van der Waals surface area contributed by atoms with E-state index in [1.165, 1.54) is 6.92 Å². The first-order valence-electron chi connectivity index (χ1n) is 7.80. The molecular formula is C19H17NO4. The van der Waals surface area contributed by atoms with Crippen LogP contribution in [0.25, 0.3) is 11.1 Å². The Labute approximate surface area is 139 Å². The van der Waals surface area contributed by atoms with E-state index in [0.717, 1.165) is 33.7 Å². The van der Waals surface area contributed by atoms with Crippen molar-refractivity contribution in [2.75, 3.05) is 12.0 Å². The molecule has 0 spiro atoms. The standard InChI is InChI=1S/C19H17NO4/c1-10-4-7-16-15(8-10)14-9-12(23-3)5-6-13(14)17-18(24-11(2)21)19(22)20(16)17/h4-9,17-18H,1-3H3/t17-,18-/m0/s1. The number of ether oxygens (including phenoxy) is 2. The van der Waals surface area contributed by atoms with Crippen molar-refractivity contribution in [2.24, 2.45) is 0 Å². The summed E-state index contributed by atoms with van der Waals surface area (Å²) in [6, 6.07) is 11.5. The highest BCUT2D eigenvalue weighted by molar-refractivity contribution is 6.11. The molecule has 122 valence electrons. The van der Waals surface area contributed by atoms with Gasteiger partial charge in [-0.15, -0.1) is 0 Å². The van der Waals surface area contributed by atoms with Gasteiger partial charge >= 0.3 is 5.97 Å². The molecule has 2 aliphatic heterocycles. The lowest BCUT2D eigenvalue weighted by Gasteiger charge is -2.50. The van der Waals surface area contributed by atoms with Gasteiger partial charge in [0.25, 0.3) is 5.91 Å². The number of hydrogen-bond donors (Lipinski definition) is 0. The average Bonchev–Trinajstić information content (AvgIpc) is 2.57. The monoisotopic (exact) mass is 323 g/mol. The summed E-state index contributed by atoms with van der Waals surface area (Å²) in [6.45, 7) is 3.34. The van der Waals surface area contributed by atoms with Gasteiger partial charge in [-0.25, -0.2) is 0 Å². The molecule has 0 N–H and O–H groups in total. The Kier molecular flexibility index (Phi) is 3.13. The zero-order valence-corrected chi connectivity index (χ0v) is 13.7. The molecule has 24 heavy (non-hydrogen) atoms. The summed E-state index contributed by atoms with van der Waals surface area (Å²) in [7, 11) is 1.63. The third-order valence-electron chi connectivity index (χ3n) is 4.62. The maximum atomic E-state index is 12.5. The molecule has 5 nitrogen and oxygen atoms in total. The van der Waals surface area contributed by atoms with Gasteiger partial charge in [0, 0.05) is 12.5 Å². The van der Waals surface area contributed by atoms with Crippen LogP contribution in [0.15, 0.2) is 36.4 Å². The molecule has 4 rings (SSSR count). The first-order chi connectivity index (χ1) is 11.5. The maximum absolute atomic E-state index is 12.5. The summed E-state index contributed by atoms with van der Waals surface area (Å²) >= 11 is 0. The van der Waals surface area contributed by atoms with Crippen molar-refractivity contribution in [1.29, 1.82) is 0 Å². The van der Waals surface area contributed by atoms with Gasteiger partial charge in [-0.05, 0) is 42.3 Å². The van der Waals surface area contributed by atoms with Crippen molar-refractivity contribution in [3.63, 3.8) is 0 Å². The molecule has 0 aromatic heterocycles. The van der Waals surface area contributed by atoms with Gasteiger partial charge in [0.05, 0.1) is 12.8 Å². The van der Waals surface area contributed by atoms with Crippen LogP contribution in [0, 0.1) is 6.92 Å². The number of rotatable bonds is 2. The number of aryl methyl sites for hydroxylation is 1. The topological polar surface area (TPSA) is 55.8 Å². The largest absolute Gasteiger partial charge is 0.497 e. The molecule has 2 aromatic carbocycles. The van der Waals surface area contributed by atoms with Gasteiger partial charge in [0.15, 0.2) is 0 Å². The Bertz CT molecular complexity index is 874. The van der Waals surface area contributed by atoms with E-state index in [2.05, 4.69) is 6.07 Å². The smallest absolute Gasteiger partial charge is 0.303 e. The summed E-state index contributed by atoms with van der Waals surface area (Å²) in [5.74, 6) is 0.129. The van der Waals surface area contributed by atoms with Gasteiger partial charge in [0.2, 0.25) is 6.10 Å². The number of esters is 1. The van der Waals surface area contributed by atoms with Crippen molar-refractivity contribution < 1.29 is 19.1 Å². The first kappa shape index (κ1) is 14.8. The van der Waals surface area contributed by atoms with Crippen LogP contribution in [0.5, 0.6) is 5.75 Å². The number of carbonyl (C=O) groups is 2. The molecule has 1 amide bonds. The van der Waals surface area contributed by atoms with E-state index >= 15 is 0 Å². The van der Waals surface area contributed by atoms with Crippen LogP contribution in [0.4, 0.5) is 5.69 Å². The second-order valence-corrected chi connectivity index (χ2v) is 6.16. The fourth-order valence-electron chi connectivity index (χ4n) is 3.56. The van der Waals surface area contributed by atoms with E-state index in [1.54, 1.807) is 12.0 Å². The average molecular weight is 323 g/mol. The van der Waals surface area contributed by atoms with Crippen LogP contribution in [0.1, 0.15) is 24.1 Å². The maximum Gasteiger partial charge on any atom is 0.303 e. The number of anilines is 1. The molecular weight excluding hydrogens is 306 g/mol. The van der Waals surface area contributed by atoms with E-state index in [0.29, 0.717) is 0 Å². The second kappa shape index (κ2) is 5.09. The fraction of sp³-hybridized carbons (Fsp3) is 0.263. The predicted octanol–water partition coefficient (Wildman–Crippen LogP) is 3.00. The SMILES string of the molecule is COc1ccc2c(c1)-c1cc(C)ccc1N1C(=O)[C@@H](OC(C)=O)[C@H]21. The number of methoxy groups -OCH3 is 1. The molecule has 0 aliphatic carbocycles. The highest BCUT2D eigenvalue weighted by Gasteiger charge is 2.54. The zero-order chi connectivity index (χ0) is 17.0. The molecule has 2 aromatic rings. The van der Waals surface area contributed by atoms with E-state index in [9.17, 15) is 9.59 Å². The molecule has 2 atom stereocenters. The number of fused-ring (bicyclic) bond motifs is 6. The van der Waals surface area contributed by atoms with Crippen LogP contribution in [0.3, 0.4) is 0 Å². The van der Waals surface area contributed by atoms with Crippen LogP contribution in [0.2, 0.25) is 0 Å². The molecule has 1 fully saturated rings. The zero-order valence-electron chi connectivity index (χ0n) is 13.7. The summed E-state index contributed by atoms with van der Waals surface area (Å²) in [5, 5.41) is 0. The minimum Gasteiger partial charge on any atom is -0.497 e. The lowest BCUT2D eigenvalue weighted by atomic mass is 9.79. The van der Waals surface area contributed by atoms with Crippen LogP contribution in [-0.4, -0.2) is 25.1 Å². The van der Waals surface area contributed by atoms with Crippen molar-refractivity contribution in [3.05, 3.63) is 47.5 Å². The molecule has 0 unspecified atom stereocenters. The van der Waals surface area contributed by atoms with Crippen molar-refractivity contribution in [2.45, 2.75) is 26.0 Å². The predicted molar refractivity (Wildman–Crippen MR) is 88.9 cm³/mol. The number of hydrogen-bond acceptors (Lipinski definition) is 4. The van der Waals surface area contributed by atoms with Crippen LogP contribution in [-0.2, 0) is 14.3 Å². The fourth-order valence-corrected chi connectivity index (χ4v) is 3.56. The highest BCUT2D eigenvalue weighted by Crippen LogP contribution is 2.52. The van der Waals surface area contributed by atoms with Crippen molar-refractivity contribution in [3.8, 4) is 16.9 Å². The van der Waals surface area contributed by atoms with Gasteiger partial charge in [-0.3, -0.25) is 14.5 Å². The molecule has 5 heteroatoms. The lowest BCUT2D eigenvalue weighted by molar-refractivity contribution is -0.160. The molecule has 2 heterocycles. The Balaban J connectivity index is 1.91. The number of amides is 1. The Hall–Kier alpha value is -2.82. The van der Waals surface area contributed by atoms with E-state index in [-0.39, 0.29) is 11.9 Å². The van der Waals surface area contributed by atoms with Crippen LogP contribution < -0.4 is 9.64 Å². The Morgan fingerprint density at radius 1 is 1.12 bits per heavy atom. The molecule has 2 aliphatic rings. The Morgan fingerprint density at radius 2 is 1.92 bits per heavy atom. The lowest BCUT2D eigenvalue weighted by Crippen LogP contribution is -2.61. The molecule has 0 radical (unpaired) electrons. The third kappa shape index (κ3) is 1.94. The van der Waals surface area contributed by atoms with Gasteiger partial charge in [-0.2, -0.15) is 0 Å².